The first-order chi connectivity index (χ1) is 11.1. The van der Waals surface area contributed by atoms with E-state index < -0.39 is 0 Å². The van der Waals surface area contributed by atoms with Gasteiger partial charge in [-0.3, -0.25) is 9.59 Å². The van der Waals surface area contributed by atoms with E-state index in [2.05, 4.69) is 20.5 Å². The van der Waals surface area contributed by atoms with Gasteiger partial charge in [0, 0.05) is 24.2 Å². The number of carbonyl (C=O) groups excluding carboxylic acids is 1. The zero-order valence-corrected chi connectivity index (χ0v) is 12.4. The van der Waals surface area contributed by atoms with E-state index in [9.17, 15) is 9.59 Å². The molecule has 0 spiro atoms. The van der Waals surface area contributed by atoms with E-state index in [1.165, 1.54) is 10.7 Å². The fourth-order valence-electron chi connectivity index (χ4n) is 2.01. The Balaban J connectivity index is 1.78. The second kappa shape index (κ2) is 6.22. The summed E-state index contributed by atoms with van der Waals surface area (Å²) in [6.45, 7) is 1.62. The third kappa shape index (κ3) is 3.49. The van der Waals surface area contributed by atoms with Crippen LogP contribution >= 0.6 is 0 Å². The molecular formula is C15H14N6O2. The summed E-state index contributed by atoms with van der Waals surface area (Å²) in [6, 6.07) is 9.94. The SMILES string of the molecule is Cc1cccc(NC(=O)Cn2nc(-n3cccn3)ccc2=O)n1. The Bertz CT molecular complexity index is 885. The Labute approximate surface area is 131 Å². The summed E-state index contributed by atoms with van der Waals surface area (Å²) in [5.41, 5.74) is 0.423. The van der Waals surface area contributed by atoms with Crippen molar-refractivity contribution in [2.75, 3.05) is 5.32 Å². The largest absolute Gasteiger partial charge is 0.309 e. The lowest BCUT2D eigenvalue weighted by molar-refractivity contribution is -0.117. The number of aromatic nitrogens is 5. The van der Waals surface area contributed by atoms with Gasteiger partial charge in [0.1, 0.15) is 12.4 Å². The summed E-state index contributed by atoms with van der Waals surface area (Å²) < 4.78 is 2.60. The number of hydrogen-bond donors (Lipinski definition) is 1. The first kappa shape index (κ1) is 14.6. The number of anilines is 1. The molecule has 0 fully saturated rings. The van der Waals surface area contributed by atoms with E-state index in [1.807, 2.05) is 13.0 Å². The first-order valence-electron chi connectivity index (χ1n) is 6.93. The summed E-state index contributed by atoms with van der Waals surface area (Å²) in [5.74, 6) is 0.512. The van der Waals surface area contributed by atoms with Gasteiger partial charge >= 0.3 is 0 Å². The van der Waals surface area contributed by atoms with Gasteiger partial charge in [-0.2, -0.15) is 5.10 Å². The highest BCUT2D eigenvalue weighted by Gasteiger charge is 2.09. The van der Waals surface area contributed by atoms with Crippen molar-refractivity contribution in [3.63, 3.8) is 0 Å². The van der Waals surface area contributed by atoms with E-state index in [0.29, 0.717) is 11.6 Å². The number of aryl methyl sites for hydroxylation is 1. The Morgan fingerprint density at radius 3 is 2.83 bits per heavy atom. The molecule has 1 N–H and O–H groups in total. The van der Waals surface area contributed by atoms with Crippen LogP contribution in [-0.2, 0) is 11.3 Å². The molecule has 0 atom stereocenters. The summed E-state index contributed by atoms with van der Waals surface area (Å²) in [7, 11) is 0. The molecule has 3 rings (SSSR count). The molecule has 1 amide bonds. The van der Waals surface area contributed by atoms with Crippen molar-refractivity contribution in [1.82, 2.24) is 24.5 Å². The maximum atomic E-state index is 12.1. The maximum absolute atomic E-state index is 12.1. The number of amides is 1. The number of hydrogen-bond acceptors (Lipinski definition) is 5. The lowest BCUT2D eigenvalue weighted by atomic mass is 10.4. The zero-order valence-electron chi connectivity index (χ0n) is 12.4. The molecule has 116 valence electrons. The molecule has 0 aliphatic heterocycles. The molecule has 3 heterocycles. The number of carbonyl (C=O) groups is 1. The highest BCUT2D eigenvalue weighted by molar-refractivity contribution is 5.89. The van der Waals surface area contributed by atoms with Crippen molar-refractivity contribution in [3.8, 4) is 5.82 Å². The molecule has 0 aliphatic rings. The lowest BCUT2D eigenvalue weighted by Crippen LogP contribution is -2.30. The van der Waals surface area contributed by atoms with Gasteiger partial charge in [-0.15, -0.1) is 5.10 Å². The van der Waals surface area contributed by atoms with Crippen molar-refractivity contribution in [1.29, 1.82) is 0 Å². The van der Waals surface area contributed by atoms with E-state index in [4.69, 9.17) is 0 Å². The lowest BCUT2D eigenvalue weighted by Gasteiger charge is -2.08. The maximum Gasteiger partial charge on any atom is 0.267 e. The van der Waals surface area contributed by atoms with Crippen molar-refractivity contribution >= 4 is 11.7 Å². The van der Waals surface area contributed by atoms with Crippen LogP contribution in [0.1, 0.15) is 5.69 Å². The van der Waals surface area contributed by atoms with Gasteiger partial charge in [0.15, 0.2) is 5.82 Å². The summed E-state index contributed by atoms with van der Waals surface area (Å²) in [5, 5.41) is 10.8. The van der Waals surface area contributed by atoms with E-state index >= 15 is 0 Å². The minimum Gasteiger partial charge on any atom is -0.309 e. The molecule has 23 heavy (non-hydrogen) atoms. The zero-order chi connectivity index (χ0) is 16.2. The van der Waals surface area contributed by atoms with Gasteiger partial charge in [-0.1, -0.05) is 6.07 Å². The number of nitrogens with one attached hydrogen (secondary N) is 1. The number of nitrogens with zero attached hydrogens (tertiary/aromatic N) is 5. The molecule has 0 unspecified atom stereocenters. The second-order valence-electron chi connectivity index (χ2n) is 4.85. The average molecular weight is 310 g/mol. The van der Waals surface area contributed by atoms with E-state index in [1.54, 1.807) is 36.7 Å². The predicted octanol–water partition coefficient (Wildman–Crippen LogP) is 0.771. The minimum absolute atomic E-state index is 0.205. The Hall–Kier alpha value is -3.29. The molecule has 3 aromatic rings. The quantitative estimate of drug-likeness (QED) is 0.768. The highest BCUT2D eigenvalue weighted by Crippen LogP contribution is 2.04. The molecule has 0 saturated carbocycles. The van der Waals surface area contributed by atoms with Crippen LogP contribution < -0.4 is 10.9 Å². The molecule has 8 nitrogen and oxygen atoms in total. The molecule has 0 aliphatic carbocycles. The average Bonchev–Trinajstić information content (AvgIpc) is 3.04. The van der Waals surface area contributed by atoms with E-state index in [-0.39, 0.29) is 18.0 Å². The third-order valence-electron chi connectivity index (χ3n) is 3.04. The summed E-state index contributed by atoms with van der Waals surface area (Å²) in [6.07, 6.45) is 3.31. The number of rotatable bonds is 4. The van der Waals surface area contributed by atoms with Crippen LogP contribution in [-0.4, -0.2) is 30.5 Å². The molecule has 0 saturated heterocycles. The van der Waals surface area contributed by atoms with Crippen molar-refractivity contribution < 1.29 is 4.79 Å². The molecular weight excluding hydrogens is 296 g/mol. The Kier molecular flexibility index (Phi) is 3.96. The summed E-state index contributed by atoms with van der Waals surface area (Å²) in [4.78, 5) is 28.1. The Morgan fingerprint density at radius 2 is 2.09 bits per heavy atom. The molecule has 3 aromatic heterocycles. The minimum atomic E-state index is -0.379. The third-order valence-corrected chi connectivity index (χ3v) is 3.04. The monoisotopic (exact) mass is 310 g/mol. The van der Waals surface area contributed by atoms with Gasteiger partial charge in [0.25, 0.3) is 5.56 Å². The molecule has 0 bridgehead atoms. The van der Waals surface area contributed by atoms with Gasteiger partial charge in [0.05, 0.1) is 0 Å². The van der Waals surface area contributed by atoms with Gasteiger partial charge < -0.3 is 5.32 Å². The van der Waals surface area contributed by atoms with Crippen molar-refractivity contribution in [2.45, 2.75) is 13.5 Å². The van der Waals surface area contributed by atoms with Gasteiger partial charge in [-0.05, 0) is 31.2 Å². The van der Waals surface area contributed by atoms with Crippen LogP contribution in [0.3, 0.4) is 0 Å². The van der Waals surface area contributed by atoms with Crippen LogP contribution in [0.2, 0.25) is 0 Å². The van der Waals surface area contributed by atoms with Crippen LogP contribution in [0.15, 0.2) is 53.6 Å². The standard InChI is InChI=1S/C15H14N6O2/c1-11-4-2-5-12(17-11)18-14(22)10-21-15(23)7-6-13(19-21)20-9-3-8-16-20/h2-9H,10H2,1H3,(H,17,18,22). The second-order valence-corrected chi connectivity index (χ2v) is 4.85. The van der Waals surface area contributed by atoms with Crippen LogP contribution in [0.25, 0.3) is 5.82 Å². The van der Waals surface area contributed by atoms with Crippen LogP contribution in [0.4, 0.5) is 5.82 Å². The van der Waals surface area contributed by atoms with Crippen LogP contribution in [0.5, 0.6) is 0 Å². The number of pyridine rings is 1. The molecule has 0 radical (unpaired) electrons. The molecule has 0 aromatic carbocycles. The topological polar surface area (TPSA) is 94.7 Å². The van der Waals surface area contributed by atoms with Crippen molar-refractivity contribution in [2.24, 2.45) is 0 Å². The normalized spacial score (nSPS) is 10.5. The van der Waals surface area contributed by atoms with Gasteiger partial charge in [0.2, 0.25) is 5.91 Å². The predicted molar refractivity (Wildman–Crippen MR) is 83.2 cm³/mol. The Morgan fingerprint density at radius 1 is 1.22 bits per heavy atom. The molecule has 8 heteroatoms. The first-order valence-corrected chi connectivity index (χ1v) is 6.93. The summed E-state index contributed by atoms with van der Waals surface area (Å²) >= 11 is 0. The smallest absolute Gasteiger partial charge is 0.267 e. The van der Waals surface area contributed by atoms with Crippen LogP contribution in [0, 0.1) is 6.92 Å². The van der Waals surface area contributed by atoms with E-state index in [0.717, 1.165) is 10.4 Å². The fraction of sp³-hybridized carbons (Fsp3) is 0.133. The highest BCUT2D eigenvalue weighted by atomic mass is 16.2. The fourth-order valence-corrected chi connectivity index (χ4v) is 2.01. The van der Waals surface area contributed by atoms with Crippen molar-refractivity contribution in [3.05, 3.63) is 64.8 Å². The van der Waals surface area contributed by atoms with Gasteiger partial charge in [-0.25, -0.2) is 14.3 Å².